The number of aromatic nitrogens is 2. The van der Waals surface area contributed by atoms with Crippen LogP contribution < -0.4 is 0 Å². The van der Waals surface area contributed by atoms with Crippen LogP contribution in [-0.2, 0) is 4.74 Å². The summed E-state index contributed by atoms with van der Waals surface area (Å²) in [6.45, 7) is 7.93. The van der Waals surface area contributed by atoms with Crippen molar-refractivity contribution in [3.05, 3.63) is 35.5 Å². The Morgan fingerprint density at radius 2 is 2.20 bits per heavy atom. The van der Waals surface area contributed by atoms with Crippen LogP contribution in [0.15, 0.2) is 22.9 Å². The van der Waals surface area contributed by atoms with Crippen molar-refractivity contribution in [1.82, 2.24) is 9.97 Å². The predicted octanol–water partition coefficient (Wildman–Crippen LogP) is 3.35. The second-order valence-corrected chi connectivity index (χ2v) is 4.76. The summed E-state index contributed by atoms with van der Waals surface area (Å²) in [6.07, 6.45) is 3.13. The highest BCUT2D eigenvalue weighted by Crippen LogP contribution is 2.24. The van der Waals surface area contributed by atoms with Crippen molar-refractivity contribution in [3.8, 4) is 11.4 Å². The van der Waals surface area contributed by atoms with E-state index in [1.165, 1.54) is 6.20 Å². The maximum absolute atomic E-state index is 11.9. The van der Waals surface area contributed by atoms with Gasteiger partial charge in [0.25, 0.3) is 0 Å². The average molecular weight is 274 g/mol. The van der Waals surface area contributed by atoms with E-state index >= 15 is 0 Å². The molecule has 2 aromatic heterocycles. The molecular weight excluding hydrogens is 256 g/mol. The third kappa shape index (κ3) is 2.71. The van der Waals surface area contributed by atoms with Crippen LogP contribution in [0.1, 0.15) is 48.5 Å². The number of carbonyl (C=O) groups excluding carboxylic acids is 1. The first kappa shape index (κ1) is 14.2. The van der Waals surface area contributed by atoms with Crippen molar-refractivity contribution in [2.75, 3.05) is 6.61 Å². The number of hydrogen-bond donors (Lipinski definition) is 0. The van der Waals surface area contributed by atoms with E-state index in [1.807, 2.05) is 26.8 Å². The van der Waals surface area contributed by atoms with Crippen molar-refractivity contribution in [3.63, 3.8) is 0 Å². The quantitative estimate of drug-likeness (QED) is 0.800. The highest BCUT2D eigenvalue weighted by atomic mass is 16.5. The van der Waals surface area contributed by atoms with Crippen LogP contribution in [0, 0.1) is 6.92 Å². The minimum Gasteiger partial charge on any atom is -0.469 e. The molecule has 2 heterocycles. The molecule has 0 N–H and O–H groups in total. The lowest BCUT2D eigenvalue weighted by Crippen LogP contribution is -2.12. The number of carbonyl (C=O) groups is 1. The Balaban J connectivity index is 2.48. The zero-order valence-electron chi connectivity index (χ0n) is 12.1. The monoisotopic (exact) mass is 274 g/mol. The highest BCUT2D eigenvalue weighted by molar-refractivity contribution is 5.90. The van der Waals surface area contributed by atoms with E-state index in [2.05, 4.69) is 9.97 Å². The van der Waals surface area contributed by atoms with Crippen molar-refractivity contribution < 1.29 is 13.9 Å². The topological polar surface area (TPSA) is 65.2 Å². The summed E-state index contributed by atoms with van der Waals surface area (Å²) in [5.41, 5.74) is 1.95. The molecule has 2 aromatic rings. The lowest BCUT2D eigenvalue weighted by atomic mass is 10.0. The summed E-state index contributed by atoms with van der Waals surface area (Å²) < 4.78 is 10.3. The molecule has 0 aliphatic carbocycles. The molecule has 0 bridgehead atoms. The molecule has 0 atom stereocenters. The Hall–Kier alpha value is -2.17. The van der Waals surface area contributed by atoms with Crippen LogP contribution in [0.2, 0.25) is 0 Å². The molecule has 0 saturated heterocycles. The first-order chi connectivity index (χ1) is 9.54. The molecule has 20 heavy (non-hydrogen) atoms. The van der Waals surface area contributed by atoms with E-state index in [9.17, 15) is 4.79 Å². The first-order valence-electron chi connectivity index (χ1n) is 6.63. The summed E-state index contributed by atoms with van der Waals surface area (Å²) in [6, 6.07) is 1.82. The molecule has 106 valence electrons. The summed E-state index contributed by atoms with van der Waals surface area (Å²) in [4.78, 5) is 20.7. The second-order valence-electron chi connectivity index (χ2n) is 4.76. The number of hydrogen-bond acceptors (Lipinski definition) is 5. The summed E-state index contributed by atoms with van der Waals surface area (Å²) in [7, 11) is 0. The number of nitrogens with zero attached hydrogens (tertiary/aromatic N) is 2. The fourth-order valence-corrected chi connectivity index (χ4v) is 1.95. The lowest BCUT2D eigenvalue weighted by Gasteiger charge is -2.11. The van der Waals surface area contributed by atoms with Gasteiger partial charge in [-0.1, -0.05) is 13.8 Å². The van der Waals surface area contributed by atoms with Crippen LogP contribution in [0.25, 0.3) is 11.4 Å². The number of rotatable bonds is 4. The lowest BCUT2D eigenvalue weighted by molar-refractivity contribution is 0.0523. The van der Waals surface area contributed by atoms with Gasteiger partial charge in [0, 0.05) is 6.20 Å². The molecule has 0 spiro atoms. The van der Waals surface area contributed by atoms with Gasteiger partial charge in [0.15, 0.2) is 5.82 Å². The zero-order valence-corrected chi connectivity index (χ0v) is 12.1. The van der Waals surface area contributed by atoms with Gasteiger partial charge < -0.3 is 9.15 Å². The molecule has 5 nitrogen and oxygen atoms in total. The Labute approximate surface area is 118 Å². The Kier molecular flexibility index (Phi) is 4.17. The van der Waals surface area contributed by atoms with Crippen LogP contribution >= 0.6 is 0 Å². The van der Waals surface area contributed by atoms with Crippen LogP contribution in [0.4, 0.5) is 0 Å². The molecular formula is C15H18N2O3. The summed E-state index contributed by atoms with van der Waals surface area (Å²) in [5.74, 6) is 1.03. The van der Waals surface area contributed by atoms with Gasteiger partial charge in [0.1, 0.15) is 5.76 Å². The largest absolute Gasteiger partial charge is 0.469 e. The minimum atomic E-state index is -0.383. The molecule has 0 radical (unpaired) electrons. The molecule has 0 fully saturated rings. The van der Waals surface area contributed by atoms with Gasteiger partial charge in [0.05, 0.1) is 29.7 Å². The second kappa shape index (κ2) is 5.86. The van der Waals surface area contributed by atoms with Gasteiger partial charge >= 0.3 is 5.97 Å². The highest BCUT2D eigenvalue weighted by Gasteiger charge is 2.19. The number of esters is 1. The van der Waals surface area contributed by atoms with Crippen LogP contribution in [0.3, 0.4) is 0 Å². The number of furan rings is 1. The average Bonchev–Trinajstić information content (AvgIpc) is 2.84. The van der Waals surface area contributed by atoms with Crippen molar-refractivity contribution in [1.29, 1.82) is 0 Å². The van der Waals surface area contributed by atoms with Gasteiger partial charge in [0.2, 0.25) is 0 Å². The molecule has 0 unspecified atom stereocenters. The van der Waals surface area contributed by atoms with Crippen molar-refractivity contribution in [2.24, 2.45) is 0 Å². The van der Waals surface area contributed by atoms with E-state index in [4.69, 9.17) is 9.15 Å². The minimum absolute atomic E-state index is 0.100. The first-order valence-corrected chi connectivity index (χ1v) is 6.63. The van der Waals surface area contributed by atoms with Crippen molar-refractivity contribution >= 4 is 5.97 Å². The molecule has 0 aliphatic heterocycles. The fourth-order valence-electron chi connectivity index (χ4n) is 1.95. The zero-order chi connectivity index (χ0) is 14.7. The van der Waals surface area contributed by atoms with E-state index in [0.29, 0.717) is 23.7 Å². The van der Waals surface area contributed by atoms with Gasteiger partial charge in [-0.05, 0) is 25.8 Å². The molecule has 0 aromatic carbocycles. The van der Waals surface area contributed by atoms with Crippen LogP contribution in [0.5, 0.6) is 0 Å². The summed E-state index contributed by atoms with van der Waals surface area (Å²) in [5, 5.41) is 0. The Bertz CT molecular complexity index is 617. The summed E-state index contributed by atoms with van der Waals surface area (Å²) >= 11 is 0. The van der Waals surface area contributed by atoms with E-state index in [1.54, 1.807) is 13.2 Å². The molecule has 5 heteroatoms. The maximum Gasteiger partial charge on any atom is 0.341 e. The molecule has 0 saturated carbocycles. The normalized spacial score (nSPS) is 10.8. The smallest absolute Gasteiger partial charge is 0.341 e. The fraction of sp³-hybridized carbons (Fsp3) is 0.400. The predicted molar refractivity (Wildman–Crippen MR) is 74.5 cm³/mol. The number of aryl methyl sites for hydroxylation is 1. The van der Waals surface area contributed by atoms with E-state index in [-0.39, 0.29) is 11.9 Å². The Morgan fingerprint density at radius 1 is 1.45 bits per heavy atom. The Morgan fingerprint density at radius 3 is 2.75 bits per heavy atom. The van der Waals surface area contributed by atoms with Gasteiger partial charge in [-0.25, -0.2) is 14.8 Å². The third-order valence-corrected chi connectivity index (χ3v) is 2.96. The van der Waals surface area contributed by atoms with Gasteiger partial charge in [-0.15, -0.1) is 0 Å². The van der Waals surface area contributed by atoms with Gasteiger partial charge in [-0.2, -0.15) is 0 Å². The van der Waals surface area contributed by atoms with Crippen LogP contribution in [-0.4, -0.2) is 22.5 Å². The SMILES string of the molecule is CCOC(=O)c1cnc(-c2ccoc2C)nc1C(C)C. The van der Waals surface area contributed by atoms with E-state index < -0.39 is 0 Å². The van der Waals surface area contributed by atoms with Gasteiger partial charge in [-0.3, -0.25) is 0 Å². The molecule has 0 aliphatic rings. The molecule has 2 rings (SSSR count). The van der Waals surface area contributed by atoms with E-state index in [0.717, 1.165) is 11.3 Å². The van der Waals surface area contributed by atoms with Crippen molar-refractivity contribution in [2.45, 2.75) is 33.6 Å². The number of ether oxygens (including phenoxy) is 1. The molecule has 0 amide bonds. The standard InChI is InChI=1S/C15H18N2O3/c1-5-19-15(18)12-8-16-14(17-13(12)9(2)3)11-6-7-20-10(11)4/h6-9H,5H2,1-4H3. The maximum atomic E-state index is 11.9. The third-order valence-electron chi connectivity index (χ3n) is 2.96.